The molecule has 6 heteroatoms. The highest BCUT2D eigenvalue weighted by Gasteiger charge is 2.27. The molecule has 0 aromatic carbocycles. The molecular weight excluding hydrogens is 238 g/mol. The highest BCUT2D eigenvalue weighted by molar-refractivity contribution is 6.21. The van der Waals surface area contributed by atoms with Crippen LogP contribution in [0.4, 0.5) is 0 Å². The first-order chi connectivity index (χ1) is 8.63. The number of hydrogen-bond acceptors (Lipinski definition) is 5. The first-order valence-corrected chi connectivity index (χ1v) is 6.18. The van der Waals surface area contributed by atoms with Crippen molar-refractivity contribution in [3.05, 3.63) is 0 Å². The third-order valence-electron chi connectivity index (χ3n) is 3.01. The van der Waals surface area contributed by atoms with Gasteiger partial charge in [-0.1, -0.05) is 5.16 Å². The van der Waals surface area contributed by atoms with E-state index in [1.165, 1.54) is 0 Å². The molecule has 0 aromatic rings. The molecular formula is C12H19NO5. The van der Waals surface area contributed by atoms with Gasteiger partial charge in [0.05, 0.1) is 12.5 Å². The minimum absolute atomic E-state index is 0.00345. The molecule has 0 atom stereocenters. The van der Waals surface area contributed by atoms with Crippen LogP contribution in [0, 0.1) is 11.8 Å². The number of carboxylic acids is 1. The summed E-state index contributed by atoms with van der Waals surface area (Å²) in [5, 5.41) is 11.6. The van der Waals surface area contributed by atoms with E-state index in [0.29, 0.717) is 19.1 Å². The average Bonchev–Trinajstić information content (AvgIpc) is 2.35. The molecule has 0 radical (unpaired) electrons. The molecule has 0 aliphatic heterocycles. The van der Waals surface area contributed by atoms with Crippen LogP contribution in [0.25, 0.3) is 0 Å². The van der Waals surface area contributed by atoms with Crippen LogP contribution in [0.1, 0.15) is 32.6 Å². The van der Waals surface area contributed by atoms with E-state index in [1.807, 2.05) is 0 Å². The lowest BCUT2D eigenvalue weighted by Crippen LogP contribution is -2.25. The van der Waals surface area contributed by atoms with Crippen LogP contribution in [-0.2, 0) is 19.2 Å². The van der Waals surface area contributed by atoms with Crippen molar-refractivity contribution in [1.82, 2.24) is 0 Å². The third kappa shape index (κ3) is 5.16. The molecule has 1 fully saturated rings. The van der Waals surface area contributed by atoms with Crippen molar-refractivity contribution in [2.45, 2.75) is 32.6 Å². The summed E-state index contributed by atoms with van der Waals surface area (Å²) in [6.45, 7) is 2.63. The Morgan fingerprint density at radius 1 is 1.33 bits per heavy atom. The standard InChI is InChI=1S/C12H19NO5/c1-2-17-12(16)10-5-3-9(4-6-10)8-18-13-7-11(14)15/h7,9-10H,2-6,8H2,1H3,(H,14,15)/b13-7+. The van der Waals surface area contributed by atoms with Crippen LogP contribution in [0.2, 0.25) is 0 Å². The number of oxime groups is 1. The fourth-order valence-electron chi connectivity index (χ4n) is 2.06. The Morgan fingerprint density at radius 2 is 2.00 bits per heavy atom. The molecule has 1 N–H and O–H groups in total. The molecule has 1 aliphatic rings. The second-order valence-corrected chi connectivity index (χ2v) is 4.34. The molecule has 0 spiro atoms. The molecule has 0 heterocycles. The topological polar surface area (TPSA) is 85.2 Å². The molecule has 1 aliphatic carbocycles. The first kappa shape index (κ1) is 14.5. The van der Waals surface area contributed by atoms with Crippen molar-refractivity contribution in [2.75, 3.05) is 13.2 Å². The number of rotatable bonds is 6. The van der Waals surface area contributed by atoms with E-state index >= 15 is 0 Å². The molecule has 0 bridgehead atoms. The van der Waals surface area contributed by atoms with Crippen molar-refractivity contribution in [3.8, 4) is 0 Å². The number of carboxylic acid groups (broad SMARTS) is 1. The molecule has 18 heavy (non-hydrogen) atoms. The fourth-order valence-corrected chi connectivity index (χ4v) is 2.06. The fraction of sp³-hybridized carbons (Fsp3) is 0.750. The van der Waals surface area contributed by atoms with Gasteiger partial charge in [0.25, 0.3) is 0 Å². The largest absolute Gasteiger partial charge is 0.477 e. The van der Waals surface area contributed by atoms with Gasteiger partial charge in [0.1, 0.15) is 6.61 Å². The van der Waals surface area contributed by atoms with Gasteiger partial charge in [-0.3, -0.25) is 4.79 Å². The Morgan fingerprint density at radius 3 is 2.56 bits per heavy atom. The summed E-state index contributed by atoms with van der Waals surface area (Å²) >= 11 is 0. The SMILES string of the molecule is CCOC(=O)C1CCC(CO/N=C/C(=O)O)CC1. The summed E-state index contributed by atoms with van der Waals surface area (Å²) in [6, 6.07) is 0. The summed E-state index contributed by atoms with van der Waals surface area (Å²) in [5.74, 6) is -0.896. The lowest BCUT2D eigenvalue weighted by Gasteiger charge is -2.26. The van der Waals surface area contributed by atoms with Gasteiger partial charge in [0.2, 0.25) is 0 Å². The van der Waals surface area contributed by atoms with Gasteiger partial charge in [-0.2, -0.15) is 0 Å². The van der Waals surface area contributed by atoms with Crippen LogP contribution in [0.3, 0.4) is 0 Å². The van der Waals surface area contributed by atoms with E-state index in [0.717, 1.165) is 31.9 Å². The van der Waals surface area contributed by atoms with Gasteiger partial charge < -0.3 is 14.7 Å². The molecule has 0 saturated heterocycles. The average molecular weight is 257 g/mol. The number of hydrogen-bond donors (Lipinski definition) is 1. The van der Waals surface area contributed by atoms with E-state index in [2.05, 4.69) is 5.16 Å². The van der Waals surface area contributed by atoms with Crippen molar-refractivity contribution >= 4 is 18.2 Å². The summed E-state index contributed by atoms with van der Waals surface area (Å²) in [5.41, 5.74) is 0. The monoisotopic (exact) mass is 257 g/mol. The second kappa shape index (κ2) is 7.68. The number of aliphatic carboxylic acids is 1. The summed E-state index contributed by atoms with van der Waals surface area (Å²) in [7, 11) is 0. The lowest BCUT2D eigenvalue weighted by atomic mass is 9.82. The zero-order chi connectivity index (χ0) is 13.4. The van der Waals surface area contributed by atoms with Crippen LogP contribution in [0.5, 0.6) is 0 Å². The van der Waals surface area contributed by atoms with Gasteiger partial charge in [0, 0.05) is 0 Å². The molecule has 0 unspecified atom stereocenters. The summed E-state index contributed by atoms with van der Waals surface area (Å²) < 4.78 is 4.98. The maximum atomic E-state index is 11.5. The molecule has 0 aromatic heterocycles. The van der Waals surface area contributed by atoms with E-state index in [4.69, 9.17) is 14.7 Å². The van der Waals surface area contributed by atoms with E-state index in [-0.39, 0.29) is 11.9 Å². The van der Waals surface area contributed by atoms with Crippen LogP contribution in [0.15, 0.2) is 5.16 Å². The quantitative estimate of drug-likeness (QED) is 0.442. The molecule has 1 rings (SSSR count). The van der Waals surface area contributed by atoms with Crippen LogP contribution < -0.4 is 0 Å². The van der Waals surface area contributed by atoms with Crippen molar-refractivity contribution in [2.24, 2.45) is 17.0 Å². The number of esters is 1. The Balaban J connectivity index is 2.19. The first-order valence-electron chi connectivity index (χ1n) is 6.18. The van der Waals surface area contributed by atoms with Crippen LogP contribution >= 0.6 is 0 Å². The van der Waals surface area contributed by atoms with Crippen molar-refractivity contribution in [3.63, 3.8) is 0 Å². The maximum absolute atomic E-state index is 11.5. The Kier molecular flexibility index (Phi) is 6.18. The molecule has 1 saturated carbocycles. The molecule has 6 nitrogen and oxygen atoms in total. The Hall–Kier alpha value is -1.59. The summed E-state index contributed by atoms with van der Waals surface area (Å²) in [4.78, 5) is 26.5. The van der Waals surface area contributed by atoms with Crippen molar-refractivity contribution < 1.29 is 24.3 Å². The van der Waals surface area contributed by atoms with Gasteiger partial charge in [-0.05, 0) is 38.5 Å². The minimum atomic E-state index is -1.12. The third-order valence-corrected chi connectivity index (χ3v) is 3.01. The Labute approximate surface area is 106 Å². The van der Waals surface area contributed by atoms with Crippen molar-refractivity contribution in [1.29, 1.82) is 0 Å². The number of carbonyl (C=O) groups is 2. The highest BCUT2D eigenvalue weighted by atomic mass is 16.6. The zero-order valence-corrected chi connectivity index (χ0v) is 10.5. The highest BCUT2D eigenvalue weighted by Crippen LogP contribution is 2.29. The number of ether oxygens (including phenoxy) is 1. The Bertz CT molecular complexity index is 308. The molecule has 0 amide bonds. The normalized spacial score (nSPS) is 23.8. The minimum Gasteiger partial charge on any atom is -0.477 e. The second-order valence-electron chi connectivity index (χ2n) is 4.34. The van der Waals surface area contributed by atoms with Gasteiger partial charge >= 0.3 is 11.9 Å². The maximum Gasteiger partial charge on any atom is 0.350 e. The zero-order valence-electron chi connectivity index (χ0n) is 10.5. The van der Waals surface area contributed by atoms with Crippen LogP contribution in [-0.4, -0.2) is 36.5 Å². The number of nitrogens with zero attached hydrogens (tertiary/aromatic N) is 1. The van der Waals surface area contributed by atoms with Gasteiger partial charge in [-0.15, -0.1) is 0 Å². The number of carbonyl (C=O) groups excluding carboxylic acids is 1. The van der Waals surface area contributed by atoms with E-state index in [9.17, 15) is 9.59 Å². The van der Waals surface area contributed by atoms with E-state index < -0.39 is 5.97 Å². The van der Waals surface area contributed by atoms with Gasteiger partial charge in [-0.25, -0.2) is 4.79 Å². The predicted molar refractivity (Wildman–Crippen MR) is 64.2 cm³/mol. The van der Waals surface area contributed by atoms with E-state index in [1.54, 1.807) is 6.92 Å². The summed E-state index contributed by atoms with van der Waals surface area (Å²) in [6.07, 6.45) is 4.09. The van der Waals surface area contributed by atoms with Gasteiger partial charge in [0.15, 0.2) is 6.21 Å². The lowest BCUT2D eigenvalue weighted by molar-refractivity contribution is -0.149. The molecule has 102 valence electrons. The predicted octanol–water partition coefficient (Wildman–Crippen LogP) is 1.44. The smallest absolute Gasteiger partial charge is 0.350 e.